The molecule has 1 fully saturated rings. The quantitative estimate of drug-likeness (QED) is 0.209. The van der Waals surface area contributed by atoms with Crippen molar-refractivity contribution in [2.45, 2.75) is 37.5 Å². The minimum atomic E-state index is -1.24. The predicted octanol–water partition coefficient (Wildman–Crippen LogP) is -1.58. The van der Waals surface area contributed by atoms with Crippen molar-refractivity contribution in [2.75, 3.05) is 12.3 Å². The van der Waals surface area contributed by atoms with E-state index in [1.807, 2.05) is 0 Å². The number of aromatic nitrogens is 4. The molecule has 0 amide bonds. The first kappa shape index (κ1) is 18.5. The summed E-state index contributed by atoms with van der Waals surface area (Å²) in [5, 5.41) is 23.6. The summed E-state index contributed by atoms with van der Waals surface area (Å²) in [5.41, 5.74) is 12.3. The van der Waals surface area contributed by atoms with Crippen molar-refractivity contribution in [3.05, 3.63) is 31.3 Å². The van der Waals surface area contributed by atoms with Crippen LogP contribution in [0.3, 0.4) is 0 Å². The van der Waals surface area contributed by atoms with E-state index in [1.165, 1.54) is 0 Å². The van der Waals surface area contributed by atoms with Crippen LogP contribution in [0.5, 0.6) is 0 Å². The van der Waals surface area contributed by atoms with Gasteiger partial charge in [-0.25, -0.2) is 9.36 Å². The number of aliphatic hydroxyl groups excluding tert-OH is 2. The smallest absolute Gasteiger partial charge is 0.333 e. The molecule has 1 aliphatic rings. The SMILES string of the molecule is C#CCn1c(=O)n([C@@H]2O[C@H](C(O)CN=[N+]=[N-])C[C@H]2O)c2nc(N)[nH]c(=O)c21. The first-order chi connectivity index (χ1) is 12.9. The van der Waals surface area contributed by atoms with Gasteiger partial charge < -0.3 is 20.7 Å². The van der Waals surface area contributed by atoms with Crippen LogP contribution in [-0.4, -0.2) is 54.2 Å². The standard InChI is InChI=1S/C14H16N8O5/c1-2-3-21-9-10(18-13(15)19-11(9)25)22(14(21)26)12-6(23)4-8(27-12)7(24)5-17-20-16/h1,6-8,12,23-24H,3-5H2,(H3,15,18,19,25)/t6-,7?,8+,12-/m1/s1. The molecule has 0 aromatic carbocycles. The van der Waals surface area contributed by atoms with E-state index in [0.29, 0.717) is 0 Å². The van der Waals surface area contributed by atoms with Gasteiger partial charge in [-0.2, -0.15) is 4.98 Å². The van der Waals surface area contributed by atoms with Gasteiger partial charge in [0, 0.05) is 11.3 Å². The Kier molecular flexibility index (Phi) is 4.89. The van der Waals surface area contributed by atoms with Crippen LogP contribution in [0, 0.1) is 12.3 Å². The van der Waals surface area contributed by atoms with Crippen LogP contribution >= 0.6 is 0 Å². The molecule has 13 nitrogen and oxygen atoms in total. The normalized spacial score (nSPS) is 23.1. The second-order valence-electron chi connectivity index (χ2n) is 5.92. The number of H-pyrrole nitrogens is 1. The fourth-order valence-electron chi connectivity index (χ4n) is 3.07. The number of azide groups is 1. The van der Waals surface area contributed by atoms with E-state index >= 15 is 0 Å². The summed E-state index contributed by atoms with van der Waals surface area (Å²) in [6.07, 6.45) is 0.730. The largest absolute Gasteiger partial charge is 0.390 e. The maximum Gasteiger partial charge on any atom is 0.333 e. The molecule has 3 rings (SSSR count). The van der Waals surface area contributed by atoms with Crippen molar-refractivity contribution < 1.29 is 14.9 Å². The fourth-order valence-corrected chi connectivity index (χ4v) is 3.07. The number of hydrogen-bond donors (Lipinski definition) is 4. The number of aromatic amines is 1. The van der Waals surface area contributed by atoms with Gasteiger partial charge in [0.05, 0.1) is 25.3 Å². The highest BCUT2D eigenvalue weighted by molar-refractivity contribution is 5.72. The first-order valence-corrected chi connectivity index (χ1v) is 7.85. The highest BCUT2D eigenvalue weighted by Gasteiger charge is 2.41. The van der Waals surface area contributed by atoms with E-state index in [4.69, 9.17) is 22.4 Å². The molecule has 0 saturated carbocycles. The first-order valence-electron chi connectivity index (χ1n) is 7.85. The third-order valence-electron chi connectivity index (χ3n) is 4.21. The summed E-state index contributed by atoms with van der Waals surface area (Å²) in [6.45, 7) is -0.470. The van der Waals surface area contributed by atoms with Crippen LogP contribution in [0.25, 0.3) is 21.6 Å². The van der Waals surface area contributed by atoms with Crippen molar-refractivity contribution in [2.24, 2.45) is 5.11 Å². The van der Waals surface area contributed by atoms with E-state index in [1.54, 1.807) is 0 Å². The number of fused-ring (bicyclic) bond motifs is 1. The maximum atomic E-state index is 12.8. The topological polar surface area (TPSA) is 197 Å². The molecule has 0 radical (unpaired) electrons. The number of anilines is 1. The molecule has 2 aromatic heterocycles. The lowest BCUT2D eigenvalue weighted by Gasteiger charge is -2.18. The molecule has 142 valence electrons. The number of imidazole rings is 1. The van der Waals surface area contributed by atoms with Crippen LogP contribution in [0.15, 0.2) is 14.7 Å². The predicted molar refractivity (Wildman–Crippen MR) is 92.4 cm³/mol. The molecule has 2 aromatic rings. The summed E-state index contributed by atoms with van der Waals surface area (Å²) in [7, 11) is 0. The van der Waals surface area contributed by atoms with Crippen molar-refractivity contribution in [3.8, 4) is 12.3 Å². The number of rotatable bonds is 5. The highest BCUT2D eigenvalue weighted by atomic mass is 16.5. The average molecular weight is 376 g/mol. The summed E-state index contributed by atoms with van der Waals surface area (Å²) >= 11 is 0. The number of nitrogens with two attached hydrogens (primary N) is 1. The van der Waals surface area contributed by atoms with Crippen molar-refractivity contribution in [1.82, 2.24) is 19.1 Å². The molecule has 1 unspecified atom stereocenters. The van der Waals surface area contributed by atoms with E-state index in [2.05, 4.69) is 25.9 Å². The van der Waals surface area contributed by atoms with Crippen molar-refractivity contribution >= 4 is 17.1 Å². The maximum absolute atomic E-state index is 12.8. The fraction of sp³-hybridized carbons (Fsp3) is 0.500. The van der Waals surface area contributed by atoms with Crippen LogP contribution in [0.2, 0.25) is 0 Å². The zero-order valence-electron chi connectivity index (χ0n) is 13.9. The molecule has 13 heteroatoms. The van der Waals surface area contributed by atoms with E-state index in [-0.39, 0.29) is 36.6 Å². The summed E-state index contributed by atoms with van der Waals surface area (Å²) < 4.78 is 7.59. The number of hydrogen-bond acceptors (Lipinski definition) is 8. The van der Waals surface area contributed by atoms with Gasteiger partial charge in [0.15, 0.2) is 17.4 Å². The van der Waals surface area contributed by atoms with Crippen LogP contribution < -0.4 is 17.0 Å². The van der Waals surface area contributed by atoms with E-state index in [9.17, 15) is 19.8 Å². The number of aliphatic hydroxyl groups is 2. The lowest BCUT2D eigenvalue weighted by molar-refractivity contribution is -0.0729. The Balaban J connectivity index is 2.11. The number of nitrogen functional groups attached to an aromatic ring is 1. The molecule has 5 N–H and O–H groups in total. The number of nitrogens with zero attached hydrogens (tertiary/aromatic N) is 6. The summed E-state index contributed by atoms with van der Waals surface area (Å²) in [5.74, 6) is 2.04. The zero-order chi connectivity index (χ0) is 19.7. The second kappa shape index (κ2) is 7.14. The van der Waals surface area contributed by atoms with Crippen molar-refractivity contribution in [1.29, 1.82) is 0 Å². The molecule has 4 atom stereocenters. The molecule has 0 aliphatic carbocycles. The molecule has 1 saturated heterocycles. The Labute approximate surface area is 150 Å². The number of ether oxygens (including phenoxy) is 1. The molecular formula is C14H16N8O5. The minimum Gasteiger partial charge on any atom is -0.390 e. The number of nitrogens with one attached hydrogen (secondary N) is 1. The third-order valence-corrected chi connectivity index (χ3v) is 4.21. The van der Waals surface area contributed by atoms with Gasteiger partial charge in [-0.1, -0.05) is 11.0 Å². The number of terminal acetylenes is 1. The van der Waals surface area contributed by atoms with Gasteiger partial charge >= 0.3 is 5.69 Å². The molecular weight excluding hydrogens is 360 g/mol. The van der Waals surface area contributed by atoms with Gasteiger partial charge in [-0.3, -0.25) is 14.3 Å². The van der Waals surface area contributed by atoms with Crippen LogP contribution in [0.1, 0.15) is 12.6 Å². The summed E-state index contributed by atoms with van der Waals surface area (Å²) in [6, 6.07) is 0. The van der Waals surface area contributed by atoms with E-state index in [0.717, 1.165) is 9.13 Å². The third kappa shape index (κ3) is 3.14. The zero-order valence-corrected chi connectivity index (χ0v) is 13.9. The van der Waals surface area contributed by atoms with Gasteiger partial charge in [0.1, 0.15) is 6.10 Å². The Bertz CT molecular complexity index is 1070. The average Bonchev–Trinajstić information content (AvgIpc) is 3.11. The summed E-state index contributed by atoms with van der Waals surface area (Å²) in [4.78, 5) is 33.8. The molecule has 3 heterocycles. The van der Waals surface area contributed by atoms with Gasteiger partial charge in [0.2, 0.25) is 5.95 Å². The monoisotopic (exact) mass is 376 g/mol. The second-order valence-corrected chi connectivity index (χ2v) is 5.92. The molecule has 1 aliphatic heterocycles. The molecule has 0 spiro atoms. The lowest BCUT2D eigenvalue weighted by atomic mass is 10.1. The highest BCUT2D eigenvalue weighted by Crippen LogP contribution is 2.31. The lowest BCUT2D eigenvalue weighted by Crippen LogP contribution is -2.32. The minimum absolute atomic E-state index is 0.0281. The Hall–Kier alpha value is -3.30. The Morgan fingerprint density at radius 1 is 1.59 bits per heavy atom. The Morgan fingerprint density at radius 2 is 2.33 bits per heavy atom. The molecule has 0 bridgehead atoms. The van der Waals surface area contributed by atoms with Gasteiger partial charge in [-0.15, -0.1) is 6.42 Å². The van der Waals surface area contributed by atoms with Gasteiger partial charge in [-0.05, 0) is 5.53 Å². The van der Waals surface area contributed by atoms with Crippen LogP contribution in [-0.2, 0) is 11.3 Å². The molecule has 27 heavy (non-hydrogen) atoms. The Morgan fingerprint density at radius 3 is 3.00 bits per heavy atom. The van der Waals surface area contributed by atoms with Crippen LogP contribution in [0.4, 0.5) is 5.95 Å². The van der Waals surface area contributed by atoms with E-state index < -0.39 is 35.8 Å². The van der Waals surface area contributed by atoms with Gasteiger partial charge in [0.25, 0.3) is 5.56 Å². The van der Waals surface area contributed by atoms with Crippen molar-refractivity contribution in [3.63, 3.8) is 0 Å².